The smallest absolute Gasteiger partial charge is 0.0635 e. The second kappa shape index (κ2) is 6.58. The molecule has 1 aliphatic rings. The van der Waals surface area contributed by atoms with E-state index in [0.717, 1.165) is 32.6 Å². The van der Waals surface area contributed by atoms with Crippen molar-refractivity contribution >= 4 is 5.69 Å². The highest BCUT2D eigenvalue weighted by molar-refractivity contribution is 5.61. The van der Waals surface area contributed by atoms with Gasteiger partial charge < -0.3 is 5.32 Å². The minimum atomic E-state index is 0.606. The lowest BCUT2D eigenvalue weighted by molar-refractivity contribution is 0.241. The molecule has 1 aliphatic heterocycles. The van der Waals surface area contributed by atoms with E-state index in [1.165, 1.54) is 16.8 Å². The predicted octanol–water partition coefficient (Wildman–Crippen LogP) is 3.03. The molecule has 1 heterocycles. The molecule has 0 spiro atoms. The van der Waals surface area contributed by atoms with Crippen LogP contribution >= 0.6 is 0 Å². The van der Waals surface area contributed by atoms with E-state index in [1.54, 1.807) is 0 Å². The zero-order valence-electron chi connectivity index (χ0n) is 11.9. The van der Waals surface area contributed by atoms with Crippen LogP contribution in [0, 0.1) is 17.2 Å². The molecule has 0 aliphatic carbocycles. The number of nitrogens with zero attached hydrogens (tertiary/aromatic N) is 2. The zero-order chi connectivity index (χ0) is 13.7. The van der Waals surface area contributed by atoms with Gasteiger partial charge in [0.1, 0.15) is 0 Å². The maximum absolute atomic E-state index is 8.78. The Morgan fingerprint density at radius 2 is 2.26 bits per heavy atom. The van der Waals surface area contributed by atoms with Gasteiger partial charge in [-0.15, -0.1) is 0 Å². The molecule has 102 valence electrons. The molecule has 3 nitrogen and oxygen atoms in total. The maximum Gasteiger partial charge on any atom is 0.0635 e. The summed E-state index contributed by atoms with van der Waals surface area (Å²) in [5.41, 5.74) is 4.13. The molecule has 1 aromatic carbocycles. The monoisotopic (exact) mass is 257 g/mol. The first kappa shape index (κ1) is 13.9. The lowest BCUT2D eigenvalue weighted by atomic mass is 10.1. The first-order valence-corrected chi connectivity index (χ1v) is 7.14. The summed E-state index contributed by atoms with van der Waals surface area (Å²) < 4.78 is 0. The van der Waals surface area contributed by atoms with Crippen LogP contribution in [0.5, 0.6) is 0 Å². The number of para-hydroxylation sites is 1. The Kier molecular flexibility index (Phi) is 4.81. The zero-order valence-corrected chi connectivity index (χ0v) is 11.9. The molecule has 1 N–H and O–H groups in total. The van der Waals surface area contributed by atoms with Gasteiger partial charge in [-0.3, -0.25) is 4.90 Å². The fourth-order valence-corrected chi connectivity index (χ4v) is 2.74. The Morgan fingerprint density at radius 1 is 1.42 bits per heavy atom. The number of anilines is 1. The van der Waals surface area contributed by atoms with Crippen LogP contribution in [0.4, 0.5) is 5.69 Å². The second-order valence-corrected chi connectivity index (χ2v) is 5.67. The Labute approximate surface area is 116 Å². The summed E-state index contributed by atoms with van der Waals surface area (Å²) in [5, 5.41) is 12.3. The summed E-state index contributed by atoms with van der Waals surface area (Å²) >= 11 is 0. The quantitative estimate of drug-likeness (QED) is 0.851. The summed E-state index contributed by atoms with van der Waals surface area (Å²) in [6.45, 7) is 8.36. The number of hydrogen-bond donors (Lipinski definition) is 1. The third-order valence-corrected chi connectivity index (χ3v) is 3.49. The lowest BCUT2D eigenvalue weighted by Gasteiger charge is -2.24. The minimum absolute atomic E-state index is 0.606. The first-order chi connectivity index (χ1) is 9.20. The van der Waals surface area contributed by atoms with E-state index >= 15 is 0 Å². The third kappa shape index (κ3) is 3.71. The molecule has 0 aromatic heterocycles. The normalized spacial score (nSPS) is 13.4. The fraction of sp³-hybridized carbons (Fsp3) is 0.562. The van der Waals surface area contributed by atoms with E-state index in [2.05, 4.69) is 48.3 Å². The molecule has 0 saturated carbocycles. The summed E-state index contributed by atoms with van der Waals surface area (Å²) in [4.78, 5) is 2.39. The van der Waals surface area contributed by atoms with E-state index in [0.29, 0.717) is 12.3 Å². The van der Waals surface area contributed by atoms with Gasteiger partial charge in [-0.25, -0.2) is 0 Å². The number of benzene rings is 1. The van der Waals surface area contributed by atoms with Crippen molar-refractivity contribution < 1.29 is 0 Å². The fourth-order valence-electron chi connectivity index (χ4n) is 2.74. The van der Waals surface area contributed by atoms with Gasteiger partial charge in [-0.2, -0.15) is 5.26 Å². The van der Waals surface area contributed by atoms with Gasteiger partial charge in [0.05, 0.1) is 6.07 Å². The van der Waals surface area contributed by atoms with Gasteiger partial charge in [0, 0.05) is 38.3 Å². The molecule has 3 heteroatoms. The molecule has 19 heavy (non-hydrogen) atoms. The predicted molar refractivity (Wildman–Crippen MR) is 79.0 cm³/mol. The molecule has 1 aromatic rings. The van der Waals surface area contributed by atoms with Crippen molar-refractivity contribution in [1.82, 2.24) is 4.90 Å². The van der Waals surface area contributed by atoms with Crippen LogP contribution in [0.25, 0.3) is 0 Å². The minimum Gasteiger partial charge on any atom is -0.384 e. The molecule has 0 bridgehead atoms. The van der Waals surface area contributed by atoms with Gasteiger partial charge in [-0.1, -0.05) is 32.0 Å². The van der Waals surface area contributed by atoms with Crippen LogP contribution in [-0.4, -0.2) is 24.5 Å². The third-order valence-electron chi connectivity index (χ3n) is 3.49. The Hall–Kier alpha value is -1.53. The van der Waals surface area contributed by atoms with E-state index in [4.69, 9.17) is 5.26 Å². The number of nitrogens with one attached hydrogen (secondary N) is 1. The summed E-state index contributed by atoms with van der Waals surface area (Å²) in [5.74, 6) is 0.628. The van der Waals surface area contributed by atoms with Crippen molar-refractivity contribution in [2.45, 2.75) is 33.2 Å². The average molecular weight is 257 g/mol. The molecule has 2 rings (SSSR count). The average Bonchev–Trinajstić information content (AvgIpc) is 2.84. The van der Waals surface area contributed by atoms with Gasteiger partial charge in [0.25, 0.3) is 0 Å². The van der Waals surface area contributed by atoms with Crippen molar-refractivity contribution in [3.8, 4) is 6.07 Å². The highest BCUT2D eigenvalue weighted by Crippen LogP contribution is 2.27. The summed E-state index contributed by atoms with van der Waals surface area (Å²) in [7, 11) is 0. The Balaban J connectivity index is 2.08. The van der Waals surface area contributed by atoms with Gasteiger partial charge in [-0.05, 0) is 23.5 Å². The molecule has 0 fully saturated rings. The molecule has 0 amide bonds. The van der Waals surface area contributed by atoms with Crippen LogP contribution in [0.3, 0.4) is 0 Å². The Morgan fingerprint density at radius 3 is 3.00 bits per heavy atom. The SMILES string of the molecule is CC(C)CN(CCC#N)Cc1cccc2c1NCC2. The van der Waals surface area contributed by atoms with Crippen molar-refractivity contribution in [3.05, 3.63) is 29.3 Å². The maximum atomic E-state index is 8.78. The number of hydrogen-bond acceptors (Lipinski definition) is 3. The highest BCUT2D eigenvalue weighted by atomic mass is 15.1. The van der Waals surface area contributed by atoms with Crippen molar-refractivity contribution in [1.29, 1.82) is 5.26 Å². The van der Waals surface area contributed by atoms with E-state index in [1.807, 2.05) is 0 Å². The van der Waals surface area contributed by atoms with Crippen molar-refractivity contribution in [2.24, 2.45) is 5.92 Å². The topological polar surface area (TPSA) is 39.1 Å². The number of nitriles is 1. The standard InChI is InChI=1S/C16H23N3/c1-13(2)11-19(10-4-8-17)12-15-6-3-5-14-7-9-18-16(14)15/h3,5-6,13,18H,4,7,9-12H2,1-2H3. The first-order valence-electron chi connectivity index (χ1n) is 7.14. The van der Waals surface area contributed by atoms with Crippen LogP contribution in [0.2, 0.25) is 0 Å². The molecule has 0 unspecified atom stereocenters. The molecule has 0 saturated heterocycles. The summed E-state index contributed by atoms with van der Waals surface area (Å²) in [6, 6.07) is 8.82. The molecular formula is C16H23N3. The van der Waals surface area contributed by atoms with Crippen LogP contribution in [-0.2, 0) is 13.0 Å². The van der Waals surface area contributed by atoms with E-state index < -0.39 is 0 Å². The lowest BCUT2D eigenvalue weighted by Crippen LogP contribution is -2.28. The van der Waals surface area contributed by atoms with Crippen molar-refractivity contribution in [3.63, 3.8) is 0 Å². The van der Waals surface area contributed by atoms with E-state index in [9.17, 15) is 0 Å². The van der Waals surface area contributed by atoms with Crippen LogP contribution in [0.1, 0.15) is 31.4 Å². The van der Waals surface area contributed by atoms with Gasteiger partial charge >= 0.3 is 0 Å². The molecule has 0 atom stereocenters. The number of fused-ring (bicyclic) bond motifs is 1. The van der Waals surface area contributed by atoms with E-state index in [-0.39, 0.29) is 0 Å². The number of rotatable bonds is 6. The van der Waals surface area contributed by atoms with Gasteiger partial charge in [0.2, 0.25) is 0 Å². The Bertz CT molecular complexity index is 460. The highest BCUT2D eigenvalue weighted by Gasteiger charge is 2.16. The summed E-state index contributed by atoms with van der Waals surface area (Å²) in [6.07, 6.45) is 1.74. The molecular weight excluding hydrogens is 234 g/mol. The largest absolute Gasteiger partial charge is 0.384 e. The molecule has 0 radical (unpaired) electrons. The van der Waals surface area contributed by atoms with Gasteiger partial charge in [0.15, 0.2) is 0 Å². The van der Waals surface area contributed by atoms with Crippen LogP contribution in [0.15, 0.2) is 18.2 Å². The van der Waals surface area contributed by atoms with Crippen molar-refractivity contribution in [2.75, 3.05) is 25.0 Å². The second-order valence-electron chi connectivity index (χ2n) is 5.67. The van der Waals surface area contributed by atoms with Crippen LogP contribution < -0.4 is 5.32 Å².